The number of aromatic hydroxyl groups is 1. The number of carbonyl (C=O) groups excluding carboxylic acids is 2. The second-order valence-electron chi connectivity index (χ2n) is 12.9. The molecule has 248 valence electrons. The van der Waals surface area contributed by atoms with Gasteiger partial charge in [-0.25, -0.2) is 28.5 Å². The maximum absolute atomic E-state index is 14.1. The van der Waals surface area contributed by atoms with Crippen LogP contribution < -0.4 is 26.4 Å². The minimum Gasteiger partial charge on any atom is -0.508 e. The Bertz CT molecular complexity index is 2300. The smallest absolute Gasteiger partial charge is 0.347 e. The molecule has 0 saturated heterocycles. The highest BCUT2D eigenvalue weighted by atomic mass is 16.5. The van der Waals surface area contributed by atoms with Crippen molar-refractivity contribution < 1.29 is 24.2 Å². The lowest BCUT2D eigenvalue weighted by molar-refractivity contribution is -0.139. The number of fused-ring (bicyclic) bond motifs is 5. The summed E-state index contributed by atoms with van der Waals surface area (Å²) < 4.78 is 16.0. The number of aryl methyl sites for hydroxylation is 2. The van der Waals surface area contributed by atoms with Crippen LogP contribution in [0, 0.1) is 11.3 Å². The van der Waals surface area contributed by atoms with Crippen LogP contribution in [0.2, 0.25) is 0 Å². The van der Waals surface area contributed by atoms with Crippen LogP contribution in [0.1, 0.15) is 43.5 Å². The maximum atomic E-state index is 14.1. The van der Waals surface area contributed by atoms with Gasteiger partial charge in [0.2, 0.25) is 0 Å². The summed E-state index contributed by atoms with van der Waals surface area (Å²) >= 11 is 0. The monoisotopic (exact) mass is 653 g/mol. The summed E-state index contributed by atoms with van der Waals surface area (Å²) in [4.78, 5) is 73.2. The van der Waals surface area contributed by atoms with Gasteiger partial charge >= 0.3 is 11.4 Å². The summed E-state index contributed by atoms with van der Waals surface area (Å²) in [6.45, 7) is 3.32. The van der Waals surface area contributed by atoms with Gasteiger partial charge in [0.15, 0.2) is 23.1 Å². The van der Waals surface area contributed by atoms with Gasteiger partial charge in [0.05, 0.1) is 43.3 Å². The average molecular weight is 654 g/mol. The van der Waals surface area contributed by atoms with Gasteiger partial charge in [-0.2, -0.15) is 0 Å². The number of methoxy groups -OCH3 is 2. The van der Waals surface area contributed by atoms with Gasteiger partial charge in [-0.05, 0) is 36.6 Å². The molecule has 3 aliphatic rings. The van der Waals surface area contributed by atoms with Crippen LogP contribution in [0.4, 0.5) is 0 Å². The van der Waals surface area contributed by atoms with Crippen molar-refractivity contribution in [3.8, 4) is 17.2 Å². The van der Waals surface area contributed by atoms with Crippen LogP contribution in [0.15, 0.2) is 74.1 Å². The molecule has 0 bridgehead atoms. The zero-order valence-electron chi connectivity index (χ0n) is 27.2. The Morgan fingerprint density at radius 2 is 1.73 bits per heavy atom. The van der Waals surface area contributed by atoms with Gasteiger partial charge in [-0.3, -0.25) is 14.4 Å². The molecule has 0 amide bonds. The number of ketones is 2. The lowest BCUT2D eigenvalue weighted by Crippen LogP contribution is -2.54. The molecule has 0 unspecified atom stereocenters. The van der Waals surface area contributed by atoms with E-state index in [9.17, 15) is 29.1 Å². The lowest BCUT2D eigenvalue weighted by Gasteiger charge is -2.52. The van der Waals surface area contributed by atoms with Crippen LogP contribution in [0.3, 0.4) is 0 Å². The molecule has 13 nitrogen and oxygen atoms in total. The van der Waals surface area contributed by atoms with E-state index in [-0.39, 0.29) is 54.5 Å². The van der Waals surface area contributed by atoms with E-state index in [4.69, 9.17) is 9.47 Å². The summed E-state index contributed by atoms with van der Waals surface area (Å²) in [5.74, 6) is -1.07. The van der Waals surface area contributed by atoms with Crippen molar-refractivity contribution in [3.05, 3.63) is 102 Å². The number of phenols is 1. The predicted octanol–water partition coefficient (Wildman–Crippen LogP) is 2.41. The predicted molar refractivity (Wildman–Crippen MR) is 175 cm³/mol. The molecule has 2 aromatic carbocycles. The molecule has 4 atom stereocenters. The topological polar surface area (TPSA) is 157 Å². The van der Waals surface area contributed by atoms with Gasteiger partial charge in [0.25, 0.3) is 5.56 Å². The Labute approximate surface area is 273 Å². The maximum Gasteiger partial charge on any atom is 0.347 e. The summed E-state index contributed by atoms with van der Waals surface area (Å²) in [6.07, 6.45) is 3.32. The molecule has 2 aliphatic carbocycles. The van der Waals surface area contributed by atoms with E-state index < -0.39 is 34.7 Å². The number of hydrogen-bond acceptors (Lipinski definition) is 9. The third-order valence-electron chi connectivity index (χ3n) is 10.5. The van der Waals surface area contributed by atoms with Crippen molar-refractivity contribution in [2.45, 2.75) is 51.7 Å². The molecule has 7 rings (SSSR count). The lowest BCUT2D eigenvalue weighted by atomic mass is 9.51. The van der Waals surface area contributed by atoms with Crippen molar-refractivity contribution in [3.63, 3.8) is 0 Å². The van der Waals surface area contributed by atoms with Gasteiger partial charge in [-0.1, -0.05) is 31.2 Å². The van der Waals surface area contributed by atoms with E-state index in [1.54, 1.807) is 51.2 Å². The molecule has 1 fully saturated rings. The molecule has 1 aliphatic heterocycles. The summed E-state index contributed by atoms with van der Waals surface area (Å²) in [5, 5.41) is 11.0. The highest BCUT2D eigenvalue weighted by molar-refractivity contribution is 6.13. The molecule has 48 heavy (non-hydrogen) atoms. The van der Waals surface area contributed by atoms with Crippen LogP contribution in [0.5, 0.6) is 17.2 Å². The standard InChI is InChI=1S/C35H35N5O8/c1-18-14-27(42)21-15-24-19(30(35(21,2)31(18)43)20-8-6-7-9-26(20)41)10-13-39-33(45)38(34(46)40(24)39)12-11-22-32(44)37(3)25-17-29(48-5)28(47-4)16-23(25)36-22/h6-10,14,16-17,21,24,30,41H,11-13,15H2,1-5H3/t21-,24+,30+,35+/m0/s1. The number of benzene rings is 2. The largest absolute Gasteiger partial charge is 0.508 e. The van der Waals surface area contributed by atoms with Crippen molar-refractivity contribution in [1.82, 2.24) is 23.5 Å². The zero-order valence-corrected chi connectivity index (χ0v) is 27.2. The fourth-order valence-electron chi connectivity index (χ4n) is 8.06. The molecule has 1 N–H and O–H groups in total. The molecule has 1 saturated carbocycles. The van der Waals surface area contributed by atoms with E-state index in [2.05, 4.69) is 4.98 Å². The second-order valence-corrected chi connectivity index (χ2v) is 12.9. The first kappa shape index (κ1) is 31.2. The van der Waals surface area contributed by atoms with E-state index >= 15 is 0 Å². The van der Waals surface area contributed by atoms with Crippen LogP contribution in [-0.4, -0.2) is 54.4 Å². The first-order valence-electron chi connectivity index (χ1n) is 15.7. The molecule has 3 heterocycles. The van der Waals surface area contributed by atoms with Gasteiger partial charge < -0.3 is 19.1 Å². The Morgan fingerprint density at radius 1 is 1.02 bits per heavy atom. The number of ether oxygens (including phenoxy) is 2. The van der Waals surface area contributed by atoms with Crippen molar-refractivity contribution in [1.29, 1.82) is 0 Å². The molecule has 0 spiro atoms. The number of allylic oxidation sites excluding steroid dienone is 4. The minimum atomic E-state index is -1.21. The Balaban J connectivity index is 1.30. The van der Waals surface area contributed by atoms with Crippen LogP contribution in [0.25, 0.3) is 11.0 Å². The average Bonchev–Trinajstić information content (AvgIpc) is 3.32. The molecule has 13 heteroatoms. The van der Waals surface area contributed by atoms with Crippen molar-refractivity contribution in [2.24, 2.45) is 18.4 Å². The van der Waals surface area contributed by atoms with E-state index in [1.165, 1.54) is 40.3 Å². The molecule has 2 aromatic heterocycles. The van der Waals surface area contributed by atoms with Crippen LogP contribution >= 0.6 is 0 Å². The first-order valence-corrected chi connectivity index (χ1v) is 15.7. The normalized spacial score (nSPS) is 23.2. The molecular weight excluding hydrogens is 618 g/mol. The Kier molecular flexibility index (Phi) is 7.18. The number of aromatic nitrogens is 5. The Morgan fingerprint density at radius 3 is 2.44 bits per heavy atom. The number of nitrogens with zero attached hydrogens (tertiary/aromatic N) is 5. The van der Waals surface area contributed by atoms with Gasteiger partial charge in [0.1, 0.15) is 11.4 Å². The van der Waals surface area contributed by atoms with Gasteiger partial charge in [0, 0.05) is 49.5 Å². The fraction of sp³-hybridized carbons (Fsp3) is 0.371. The summed E-state index contributed by atoms with van der Waals surface area (Å²) in [5.41, 5.74) is -0.0485. The van der Waals surface area contributed by atoms with Crippen molar-refractivity contribution >= 4 is 22.6 Å². The first-order chi connectivity index (χ1) is 22.9. The SMILES string of the molecule is COc1cc2nc(CCn3c(=O)n4n(c3=O)[C@@H]3C[C@H]5C(=O)C=C(C)C(=O)[C@@]5(C)[C@@H](c5ccccc5O)C3=CC4)c(=O)n(C)c2cc1OC. The third kappa shape index (κ3) is 4.29. The Hall–Kier alpha value is -5.46. The summed E-state index contributed by atoms with van der Waals surface area (Å²) in [7, 11) is 4.61. The number of para-hydroxylation sites is 1. The zero-order chi connectivity index (χ0) is 34.2. The second kappa shape index (κ2) is 11.1. The van der Waals surface area contributed by atoms with Crippen molar-refractivity contribution in [2.75, 3.05) is 14.2 Å². The van der Waals surface area contributed by atoms with E-state index in [1.807, 2.05) is 6.08 Å². The van der Waals surface area contributed by atoms with E-state index in [0.29, 0.717) is 39.2 Å². The number of Topliss-reactive ketones (excluding diaryl/α,β-unsaturated/α-hetero) is 1. The minimum absolute atomic E-state index is 0.000656. The number of carbonyl (C=O) groups is 2. The highest BCUT2D eigenvalue weighted by Gasteiger charge is 2.59. The summed E-state index contributed by atoms with van der Waals surface area (Å²) in [6, 6.07) is 9.31. The van der Waals surface area contributed by atoms with E-state index in [0.717, 1.165) is 4.57 Å². The van der Waals surface area contributed by atoms with Gasteiger partial charge in [-0.15, -0.1) is 0 Å². The highest BCUT2D eigenvalue weighted by Crippen LogP contribution is 2.60. The fourth-order valence-corrected chi connectivity index (χ4v) is 8.06. The quantitative estimate of drug-likeness (QED) is 0.309. The van der Waals surface area contributed by atoms with Crippen LogP contribution in [-0.2, 0) is 36.1 Å². The number of rotatable bonds is 6. The molecular formula is C35H35N5O8. The number of phenolic OH excluding ortho intramolecular Hbond substituents is 1. The molecule has 4 aromatic rings. The molecule has 0 radical (unpaired) electrons. The number of hydrogen-bond donors (Lipinski definition) is 1. The third-order valence-corrected chi connectivity index (χ3v) is 10.5.